The van der Waals surface area contributed by atoms with E-state index in [1.165, 1.54) is 5.69 Å². The average molecular weight is 222 g/mol. The number of nitrogen functional groups attached to an aromatic ring is 1. The van der Waals surface area contributed by atoms with E-state index in [0.29, 0.717) is 6.61 Å². The molecule has 0 spiro atoms. The number of rotatable bonds is 7. The topological polar surface area (TPSA) is 49.5 Å². The molecule has 3 N–H and O–H groups in total. The second-order valence-electron chi connectivity index (χ2n) is 3.96. The fraction of sp³-hybridized carbons (Fsp3) is 0.538. The van der Waals surface area contributed by atoms with Gasteiger partial charge in [-0.3, -0.25) is 0 Å². The predicted octanol–water partition coefficient (Wildman–Crippen LogP) is 2.26. The van der Waals surface area contributed by atoms with Crippen molar-refractivity contribution in [3.8, 4) is 0 Å². The maximum Gasteiger partial charge on any atom is 0.0431 e. The fourth-order valence-corrected chi connectivity index (χ4v) is 1.75. The Balaban J connectivity index is 2.44. The summed E-state index contributed by atoms with van der Waals surface area (Å²) in [5.74, 6) is 0. The van der Waals surface area contributed by atoms with Crippen molar-refractivity contribution in [3.63, 3.8) is 0 Å². The number of hydrogen-bond acceptors (Lipinski definition) is 3. The number of benzene rings is 1. The molecular weight excluding hydrogens is 200 g/mol. The van der Waals surface area contributed by atoms with Gasteiger partial charge in [0, 0.05) is 31.1 Å². The molecule has 0 amide bonds. The van der Waals surface area contributed by atoms with Crippen LogP contribution in [-0.2, 0) is 0 Å². The van der Waals surface area contributed by atoms with Crippen LogP contribution in [0.25, 0.3) is 0 Å². The molecule has 3 heteroatoms. The van der Waals surface area contributed by atoms with Crippen LogP contribution >= 0.6 is 0 Å². The molecule has 0 unspecified atom stereocenters. The molecule has 0 aromatic heterocycles. The second-order valence-corrected chi connectivity index (χ2v) is 3.96. The number of aliphatic hydroxyl groups is 1. The summed E-state index contributed by atoms with van der Waals surface area (Å²) in [6.45, 7) is 4.50. The molecular formula is C13H22N2O. The molecule has 0 aliphatic rings. The first kappa shape index (κ1) is 12.8. The number of nitrogens with two attached hydrogens (primary N) is 1. The number of anilines is 2. The van der Waals surface area contributed by atoms with Crippen LogP contribution in [-0.4, -0.2) is 24.8 Å². The van der Waals surface area contributed by atoms with Crippen LogP contribution in [0.4, 0.5) is 11.4 Å². The van der Waals surface area contributed by atoms with Crippen LogP contribution in [0, 0.1) is 0 Å². The Morgan fingerprint density at radius 2 is 1.81 bits per heavy atom. The van der Waals surface area contributed by atoms with E-state index in [1.54, 1.807) is 0 Å². The van der Waals surface area contributed by atoms with Crippen molar-refractivity contribution in [2.45, 2.75) is 26.2 Å². The van der Waals surface area contributed by atoms with E-state index >= 15 is 0 Å². The lowest BCUT2D eigenvalue weighted by molar-refractivity contribution is 0.283. The van der Waals surface area contributed by atoms with Crippen molar-refractivity contribution < 1.29 is 5.11 Å². The van der Waals surface area contributed by atoms with Gasteiger partial charge in [0.15, 0.2) is 0 Å². The third kappa shape index (κ3) is 4.11. The second kappa shape index (κ2) is 7.12. The van der Waals surface area contributed by atoms with Crippen molar-refractivity contribution >= 4 is 11.4 Å². The van der Waals surface area contributed by atoms with Crippen LogP contribution in [0.15, 0.2) is 24.3 Å². The molecule has 0 fully saturated rings. The molecule has 0 atom stereocenters. The first-order chi connectivity index (χ1) is 7.77. The van der Waals surface area contributed by atoms with Gasteiger partial charge < -0.3 is 15.7 Å². The Bertz CT molecular complexity index is 284. The van der Waals surface area contributed by atoms with Gasteiger partial charge in [0.1, 0.15) is 0 Å². The third-order valence-corrected chi connectivity index (χ3v) is 2.73. The summed E-state index contributed by atoms with van der Waals surface area (Å²) in [5.41, 5.74) is 7.69. The number of nitrogens with zero attached hydrogens (tertiary/aromatic N) is 1. The van der Waals surface area contributed by atoms with Crippen molar-refractivity contribution in [1.29, 1.82) is 0 Å². The van der Waals surface area contributed by atoms with Gasteiger partial charge in [0.2, 0.25) is 0 Å². The van der Waals surface area contributed by atoms with Gasteiger partial charge in [-0.05, 0) is 50.5 Å². The minimum absolute atomic E-state index is 0.300. The fourth-order valence-electron chi connectivity index (χ4n) is 1.75. The maximum absolute atomic E-state index is 8.71. The lowest BCUT2D eigenvalue weighted by Crippen LogP contribution is -2.23. The van der Waals surface area contributed by atoms with Gasteiger partial charge in [0.05, 0.1) is 0 Å². The van der Waals surface area contributed by atoms with E-state index in [0.717, 1.165) is 38.0 Å². The minimum atomic E-state index is 0.300. The smallest absolute Gasteiger partial charge is 0.0431 e. The highest BCUT2D eigenvalue weighted by Crippen LogP contribution is 2.16. The molecule has 0 bridgehead atoms. The summed E-state index contributed by atoms with van der Waals surface area (Å²) >= 11 is 0. The molecule has 90 valence electrons. The van der Waals surface area contributed by atoms with E-state index in [-0.39, 0.29) is 0 Å². The van der Waals surface area contributed by atoms with Gasteiger partial charge in [-0.25, -0.2) is 0 Å². The number of hydrogen-bond donors (Lipinski definition) is 2. The molecule has 0 aliphatic carbocycles. The average Bonchev–Trinajstić information content (AvgIpc) is 2.31. The first-order valence-corrected chi connectivity index (χ1v) is 5.99. The van der Waals surface area contributed by atoms with Crippen molar-refractivity contribution in [3.05, 3.63) is 24.3 Å². The normalized spacial score (nSPS) is 10.4. The molecule has 0 saturated carbocycles. The molecule has 0 heterocycles. The van der Waals surface area contributed by atoms with Crippen molar-refractivity contribution in [1.82, 2.24) is 0 Å². The molecule has 1 rings (SSSR count). The zero-order valence-corrected chi connectivity index (χ0v) is 10.0. The standard InChI is InChI=1S/C13H22N2O/c1-2-15(10-4-3-5-11-16)13-8-6-12(14)7-9-13/h6-9,16H,2-5,10-11,14H2,1H3. The summed E-state index contributed by atoms with van der Waals surface area (Å²) in [7, 11) is 0. The molecule has 0 radical (unpaired) electrons. The van der Waals surface area contributed by atoms with E-state index in [4.69, 9.17) is 10.8 Å². The molecule has 0 aliphatic heterocycles. The van der Waals surface area contributed by atoms with Crippen LogP contribution in [0.3, 0.4) is 0 Å². The third-order valence-electron chi connectivity index (χ3n) is 2.73. The summed E-state index contributed by atoms with van der Waals surface area (Å²) in [6.07, 6.45) is 3.11. The highest BCUT2D eigenvalue weighted by Gasteiger charge is 2.02. The van der Waals surface area contributed by atoms with E-state index in [1.807, 2.05) is 12.1 Å². The Kier molecular flexibility index (Phi) is 5.72. The van der Waals surface area contributed by atoms with E-state index in [9.17, 15) is 0 Å². The summed E-state index contributed by atoms with van der Waals surface area (Å²) < 4.78 is 0. The maximum atomic E-state index is 8.71. The SMILES string of the molecule is CCN(CCCCCO)c1ccc(N)cc1. The van der Waals surface area contributed by atoms with Gasteiger partial charge in [-0.2, -0.15) is 0 Å². The van der Waals surface area contributed by atoms with Crippen LogP contribution in [0.2, 0.25) is 0 Å². The first-order valence-electron chi connectivity index (χ1n) is 5.99. The predicted molar refractivity (Wildman–Crippen MR) is 69.7 cm³/mol. The van der Waals surface area contributed by atoms with Crippen molar-refractivity contribution in [2.75, 3.05) is 30.3 Å². The largest absolute Gasteiger partial charge is 0.399 e. The number of aliphatic hydroxyl groups excluding tert-OH is 1. The lowest BCUT2D eigenvalue weighted by atomic mass is 10.2. The van der Waals surface area contributed by atoms with Crippen molar-refractivity contribution in [2.24, 2.45) is 0 Å². The van der Waals surface area contributed by atoms with Gasteiger partial charge in [-0.1, -0.05) is 0 Å². The van der Waals surface area contributed by atoms with Gasteiger partial charge in [-0.15, -0.1) is 0 Å². The highest BCUT2D eigenvalue weighted by atomic mass is 16.2. The van der Waals surface area contributed by atoms with Crippen LogP contribution < -0.4 is 10.6 Å². The monoisotopic (exact) mass is 222 g/mol. The van der Waals surface area contributed by atoms with E-state index < -0.39 is 0 Å². The van der Waals surface area contributed by atoms with E-state index in [2.05, 4.69) is 24.0 Å². The Morgan fingerprint density at radius 3 is 2.38 bits per heavy atom. The van der Waals surface area contributed by atoms with Gasteiger partial charge >= 0.3 is 0 Å². The molecule has 16 heavy (non-hydrogen) atoms. The minimum Gasteiger partial charge on any atom is -0.399 e. The summed E-state index contributed by atoms with van der Waals surface area (Å²) in [4.78, 5) is 2.33. The van der Waals surface area contributed by atoms with Gasteiger partial charge in [0.25, 0.3) is 0 Å². The number of unbranched alkanes of at least 4 members (excludes halogenated alkanes) is 2. The quantitative estimate of drug-likeness (QED) is 0.549. The zero-order valence-electron chi connectivity index (χ0n) is 10.0. The molecule has 1 aromatic rings. The Hall–Kier alpha value is -1.22. The Labute approximate surface area is 97.9 Å². The van der Waals surface area contributed by atoms with Crippen LogP contribution in [0.1, 0.15) is 26.2 Å². The van der Waals surface area contributed by atoms with Crippen LogP contribution in [0.5, 0.6) is 0 Å². The molecule has 1 aromatic carbocycles. The lowest BCUT2D eigenvalue weighted by Gasteiger charge is -2.23. The summed E-state index contributed by atoms with van der Waals surface area (Å²) in [5, 5.41) is 8.71. The molecule has 3 nitrogen and oxygen atoms in total. The highest BCUT2D eigenvalue weighted by molar-refractivity contribution is 5.52. The Morgan fingerprint density at radius 1 is 1.12 bits per heavy atom. The molecule has 0 saturated heterocycles. The zero-order chi connectivity index (χ0) is 11.8. The summed E-state index contributed by atoms with van der Waals surface area (Å²) in [6, 6.07) is 7.99.